The van der Waals surface area contributed by atoms with Gasteiger partial charge in [0.25, 0.3) is 0 Å². The van der Waals surface area contributed by atoms with Crippen molar-refractivity contribution in [2.75, 3.05) is 5.73 Å². The molecule has 2 aromatic rings. The Kier molecular flexibility index (Phi) is 5.05. The lowest BCUT2D eigenvalue weighted by atomic mass is 10.1. The third-order valence-electron chi connectivity index (χ3n) is 3.10. The Hall–Kier alpha value is -2.25. The first-order valence-electron chi connectivity index (χ1n) is 7.14. The minimum atomic E-state index is -1.57. The van der Waals surface area contributed by atoms with Crippen molar-refractivity contribution >= 4 is 37.5 Å². The molecule has 0 aliphatic rings. The molecular weight excluding hydrogens is 349 g/mol. The highest BCUT2D eigenvalue weighted by molar-refractivity contribution is 6.81. The summed E-state index contributed by atoms with van der Waals surface area (Å²) < 4.78 is 14.0. The molecule has 1 aromatic heterocycles. The van der Waals surface area contributed by atoms with Crippen LogP contribution in [0.4, 0.5) is 10.2 Å². The zero-order valence-corrected chi connectivity index (χ0v) is 15.2. The van der Waals surface area contributed by atoms with Gasteiger partial charge in [-0.25, -0.2) is 19.2 Å². The third-order valence-corrected chi connectivity index (χ3v) is 4.50. The van der Waals surface area contributed by atoms with E-state index in [0.29, 0.717) is 0 Å². The van der Waals surface area contributed by atoms with Crippen molar-refractivity contribution in [3.63, 3.8) is 0 Å². The van der Waals surface area contributed by atoms with Gasteiger partial charge >= 0.3 is 5.97 Å². The van der Waals surface area contributed by atoms with Gasteiger partial charge in [-0.05, 0) is 18.2 Å². The molecule has 0 radical (unpaired) electrons. The first kappa shape index (κ1) is 18.1. The lowest BCUT2D eigenvalue weighted by Gasteiger charge is -2.11. The molecule has 0 saturated heterocycles. The zero-order valence-electron chi connectivity index (χ0n) is 13.5. The SMILES string of the molecule is C[Si](C)(C)/C=C/c1c(N)nc(-c2ccc(Cl)cc2F)nc1C(=O)O. The normalized spacial score (nSPS) is 11.9. The van der Waals surface area contributed by atoms with Crippen molar-refractivity contribution < 1.29 is 14.3 Å². The fourth-order valence-electron chi connectivity index (χ4n) is 1.94. The van der Waals surface area contributed by atoms with Gasteiger partial charge in [-0.2, -0.15) is 0 Å². The van der Waals surface area contributed by atoms with E-state index in [2.05, 4.69) is 29.6 Å². The Balaban J connectivity index is 2.63. The summed E-state index contributed by atoms with van der Waals surface area (Å²) in [6.45, 7) is 6.29. The van der Waals surface area contributed by atoms with E-state index in [0.717, 1.165) is 6.07 Å². The molecule has 0 unspecified atom stereocenters. The van der Waals surface area contributed by atoms with E-state index in [4.69, 9.17) is 17.3 Å². The number of aromatic carboxylic acids is 1. The maximum Gasteiger partial charge on any atom is 0.355 e. The van der Waals surface area contributed by atoms with Crippen LogP contribution in [0.15, 0.2) is 23.9 Å². The van der Waals surface area contributed by atoms with Gasteiger partial charge in [0.15, 0.2) is 11.5 Å². The molecule has 0 bridgehead atoms. The fourth-order valence-corrected chi connectivity index (χ4v) is 2.76. The Morgan fingerprint density at radius 3 is 2.54 bits per heavy atom. The third kappa shape index (κ3) is 4.18. The van der Waals surface area contributed by atoms with Crippen LogP contribution in [0, 0.1) is 5.82 Å². The number of carboxylic acids is 1. The van der Waals surface area contributed by atoms with Gasteiger partial charge in [0, 0.05) is 10.6 Å². The number of nitrogen functional groups attached to an aromatic ring is 1. The van der Waals surface area contributed by atoms with E-state index in [1.807, 2.05) is 5.70 Å². The van der Waals surface area contributed by atoms with Crippen molar-refractivity contribution in [3.8, 4) is 11.4 Å². The number of hydrogen-bond acceptors (Lipinski definition) is 4. The average molecular weight is 366 g/mol. The molecule has 8 heteroatoms. The number of rotatable bonds is 4. The van der Waals surface area contributed by atoms with Crippen LogP contribution in [-0.4, -0.2) is 29.1 Å². The molecule has 126 valence electrons. The molecular formula is C16H17ClFN3O2Si. The van der Waals surface area contributed by atoms with Crippen molar-refractivity contribution in [3.05, 3.63) is 46.0 Å². The van der Waals surface area contributed by atoms with E-state index in [-0.39, 0.29) is 33.5 Å². The number of anilines is 1. The Bertz CT molecular complexity index is 835. The maximum atomic E-state index is 14.0. The largest absolute Gasteiger partial charge is 0.476 e. The van der Waals surface area contributed by atoms with Crippen LogP contribution in [0.2, 0.25) is 24.7 Å². The molecule has 24 heavy (non-hydrogen) atoms. The van der Waals surface area contributed by atoms with Gasteiger partial charge in [-0.1, -0.05) is 43.0 Å². The summed E-state index contributed by atoms with van der Waals surface area (Å²) in [5, 5.41) is 9.64. The number of carbonyl (C=O) groups is 1. The van der Waals surface area contributed by atoms with Crippen LogP contribution in [0.25, 0.3) is 17.5 Å². The smallest absolute Gasteiger partial charge is 0.355 e. The second-order valence-electron chi connectivity index (χ2n) is 6.32. The van der Waals surface area contributed by atoms with Crippen LogP contribution < -0.4 is 5.73 Å². The van der Waals surface area contributed by atoms with E-state index in [1.54, 1.807) is 6.08 Å². The van der Waals surface area contributed by atoms with Gasteiger partial charge in [0.2, 0.25) is 0 Å². The van der Waals surface area contributed by atoms with Gasteiger partial charge in [-0.3, -0.25) is 0 Å². The van der Waals surface area contributed by atoms with E-state index >= 15 is 0 Å². The zero-order chi connectivity index (χ0) is 18.1. The number of nitrogens with two attached hydrogens (primary N) is 1. The van der Waals surface area contributed by atoms with Gasteiger partial charge in [-0.15, -0.1) is 0 Å². The highest BCUT2D eigenvalue weighted by atomic mass is 35.5. The Labute approximate surface area is 145 Å². The summed E-state index contributed by atoms with van der Waals surface area (Å²) in [6, 6.07) is 3.96. The van der Waals surface area contributed by atoms with E-state index in [1.165, 1.54) is 12.1 Å². The number of nitrogens with zero attached hydrogens (tertiary/aromatic N) is 2. The lowest BCUT2D eigenvalue weighted by molar-refractivity contribution is 0.0690. The molecule has 0 spiro atoms. The number of hydrogen-bond donors (Lipinski definition) is 2. The van der Waals surface area contributed by atoms with E-state index in [9.17, 15) is 14.3 Å². The molecule has 3 N–H and O–H groups in total. The second-order valence-corrected chi connectivity index (χ2v) is 11.8. The molecule has 0 amide bonds. The molecule has 5 nitrogen and oxygen atoms in total. The number of halogens is 2. The fraction of sp³-hybridized carbons (Fsp3) is 0.188. The predicted molar refractivity (Wildman–Crippen MR) is 96.2 cm³/mol. The van der Waals surface area contributed by atoms with Crippen LogP contribution >= 0.6 is 11.6 Å². The Morgan fingerprint density at radius 2 is 2.00 bits per heavy atom. The first-order valence-corrected chi connectivity index (χ1v) is 11.1. The van der Waals surface area contributed by atoms with Crippen LogP contribution in [0.5, 0.6) is 0 Å². The summed E-state index contributed by atoms with van der Waals surface area (Å²) in [5.74, 6) is -2.01. The average Bonchev–Trinajstić information content (AvgIpc) is 2.44. The number of aromatic nitrogens is 2. The van der Waals surface area contributed by atoms with Gasteiger partial charge in [0.05, 0.1) is 13.6 Å². The van der Waals surface area contributed by atoms with Crippen molar-refractivity contribution in [2.24, 2.45) is 0 Å². The molecule has 0 fully saturated rings. The minimum Gasteiger partial charge on any atom is -0.476 e. The highest BCUT2D eigenvalue weighted by Gasteiger charge is 2.19. The highest BCUT2D eigenvalue weighted by Crippen LogP contribution is 2.26. The molecule has 2 rings (SSSR count). The first-order chi connectivity index (χ1) is 11.1. The van der Waals surface area contributed by atoms with Crippen LogP contribution in [-0.2, 0) is 0 Å². The topological polar surface area (TPSA) is 89.1 Å². The van der Waals surface area contributed by atoms with Crippen molar-refractivity contribution in [1.82, 2.24) is 9.97 Å². The number of benzene rings is 1. The molecule has 0 aliphatic carbocycles. The molecule has 0 atom stereocenters. The molecule has 1 aromatic carbocycles. The summed E-state index contributed by atoms with van der Waals surface area (Å²) in [5.41, 5.74) is 7.85. The summed E-state index contributed by atoms with van der Waals surface area (Å²) in [4.78, 5) is 19.6. The summed E-state index contributed by atoms with van der Waals surface area (Å²) in [7, 11) is -1.57. The molecule has 0 saturated carbocycles. The monoisotopic (exact) mass is 365 g/mol. The van der Waals surface area contributed by atoms with Crippen LogP contribution in [0.3, 0.4) is 0 Å². The minimum absolute atomic E-state index is 0.0127. The van der Waals surface area contributed by atoms with Crippen molar-refractivity contribution in [1.29, 1.82) is 0 Å². The predicted octanol–water partition coefficient (Wildman–Crippen LogP) is 4.11. The van der Waals surface area contributed by atoms with E-state index < -0.39 is 19.9 Å². The second kappa shape index (κ2) is 6.70. The molecule has 1 heterocycles. The number of carboxylic acid groups (broad SMARTS) is 1. The van der Waals surface area contributed by atoms with Gasteiger partial charge < -0.3 is 10.8 Å². The van der Waals surface area contributed by atoms with Crippen molar-refractivity contribution in [2.45, 2.75) is 19.6 Å². The quantitative estimate of drug-likeness (QED) is 0.796. The van der Waals surface area contributed by atoms with Gasteiger partial charge in [0.1, 0.15) is 11.6 Å². The standard InChI is InChI=1S/C16H17ClFN3O2Si/c1-24(2,3)7-6-11-13(16(22)23)20-15(21-14(11)19)10-5-4-9(17)8-12(10)18/h4-8H,1-3H3,(H,22,23)(H2,19,20,21)/b7-6+. The Morgan fingerprint density at radius 1 is 1.33 bits per heavy atom. The molecule has 0 aliphatic heterocycles. The summed E-state index contributed by atoms with van der Waals surface area (Å²) in [6.07, 6.45) is 1.63. The van der Waals surface area contributed by atoms with Crippen LogP contribution in [0.1, 0.15) is 16.1 Å². The summed E-state index contributed by atoms with van der Waals surface area (Å²) >= 11 is 5.72. The maximum absolute atomic E-state index is 14.0. The lowest BCUT2D eigenvalue weighted by Crippen LogP contribution is -2.16.